The number of para-hydroxylation sites is 1. The number of thioether (sulfide) groups is 1. The number of fused-ring (bicyclic) bond motifs is 1. The molecule has 0 unspecified atom stereocenters. The van der Waals surface area contributed by atoms with E-state index < -0.39 is 5.25 Å². The standard InChI is InChI=1S/C26H20N2OS/c27-18-30-26(25(29)23-17-9-13-19-10-7-8-16-22(19)23)24(20-11-3-1-4-12-20)28-21-14-5-2-6-15-21/h1-17,24,26,28H/t24-,26-/m1/s1. The van der Waals surface area contributed by atoms with E-state index in [9.17, 15) is 10.1 Å². The van der Waals surface area contributed by atoms with E-state index in [2.05, 4.69) is 10.7 Å². The van der Waals surface area contributed by atoms with Crippen molar-refractivity contribution < 1.29 is 4.79 Å². The molecule has 4 heteroatoms. The molecule has 30 heavy (non-hydrogen) atoms. The van der Waals surface area contributed by atoms with Gasteiger partial charge in [-0.2, -0.15) is 5.26 Å². The van der Waals surface area contributed by atoms with Gasteiger partial charge in [0, 0.05) is 11.3 Å². The predicted octanol–water partition coefficient (Wildman–Crippen LogP) is 6.46. The molecule has 4 aromatic rings. The van der Waals surface area contributed by atoms with E-state index in [4.69, 9.17) is 0 Å². The lowest BCUT2D eigenvalue weighted by molar-refractivity contribution is 0.0985. The van der Waals surface area contributed by atoms with Crippen molar-refractivity contribution in [3.8, 4) is 5.40 Å². The maximum absolute atomic E-state index is 13.7. The fraction of sp³-hybridized carbons (Fsp3) is 0.0769. The topological polar surface area (TPSA) is 52.9 Å². The van der Waals surface area contributed by atoms with E-state index in [0.29, 0.717) is 5.56 Å². The number of anilines is 1. The van der Waals surface area contributed by atoms with Gasteiger partial charge >= 0.3 is 0 Å². The van der Waals surface area contributed by atoms with Crippen molar-refractivity contribution in [3.63, 3.8) is 0 Å². The Hall–Kier alpha value is -3.55. The molecule has 0 aromatic heterocycles. The number of carbonyl (C=O) groups is 1. The van der Waals surface area contributed by atoms with Crippen molar-refractivity contribution in [2.75, 3.05) is 5.32 Å². The third-order valence-electron chi connectivity index (χ3n) is 5.05. The first kappa shape index (κ1) is 19.8. The predicted molar refractivity (Wildman–Crippen MR) is 125 cm³/mol. The van der Waals surface area contributed by atoms with Crippen molar-refractivity contribution in [3.05, 3.63) is 114 Å². The Bertz CT molecular complexity index is 1180. The largest absolute Gasteiger partial charge is 0.377 e. The molecule has 1 N–H and O–H groups in total. The van der Waals surface area contributed by atoms with Crippen LogP contribution < -0.4 is 5.32 Å². The number of carbonyl (C=O) groups excluding carboxylic acids is 1. The zero-order valence-electron chi connectivity index (χ0n) is 16.2. The molecule has 146 valence electrons. The number of Topliss-reactive ketones (excluding diaryl/α,β-unsaturated/α-hetero) is 1. The number of thiocyanates is 1. The summed E-state index contributed by atoms with van der Waals surface area (Å²) in [6.07, 6.45) is 0. The van der Waals surface area contributed by atoms with Gasteiger partial charge in [0.1, 0.15) is 10.7 Å². The number of rotatable bonds is 7. The van der Waals surface area contributed by atoms with Gasteiger partial charge < -0.3 is 5.32 Å². The molecule has 0 heterocycles. The van der Waals surface area contributed by atoms with Crippen molar-refractivity contribution in [1.29, 1.82) is 5.26 Å². The number of hydrogen-bond acceptors (Lipinski definition) is 4. The van der Waals surface area contributed by atoms with Crippen LogP contribution in [0.3, 0.4) is 0 Å². The maximum atomic E-state index is 13.7. The third kappa shape index (κ3) is 4.22. The van der Waals surface area contributed by atoms with Crippen LogP contribution in [0.1, 0.15) is 22.0 Å². The van der Waals surface area contributed by atoms with Crippen LogP contribution >= 0.6 is 11.8 Å². The molecule has 0 saturated heterocycles. The Morgan fingerprint density at radius 2 is 1.43 bits per heavy atom. The average Bonchev–Trinajstić information content (AvgIpc) is 2.82. The molecule has 0 bridgehead atoms. The number of hydrogen-bond donors (Lipinski definition) is 1. The number of ketones is 1. The van der Waals surface area contributed by atoms with Gasteiger partial charge in [0.25, 0.3) is 0 Å². The van der Waals surface area contributed by atoms with E-state index >= 15 is 0 Å². The van der Waals surface area contributed by atoms with Crippen molar-refractivity contribution >= 4 is 34.0 Å². The van der Waals surface area contributed by atoms with Crippen LogP contribution in [0.15, 0.2) is 103 Å². The molecule has 0 radical (unpaired) electrons. The highest BCUT2D eigenvalue weighted by Gasteiger charge is 2.32. The summed E-state index contributed by atoms with van der Waals surface area (Å²) < 4.78 is 0. The average molecular weight is 409 g/mol. The van der Waals surface area contributed by atoms with Crippen LogP contribution in [-0.2, 0) is 0 Å². The molecule has 0 fully saturated rings. The first-order valence-electron chi connectivity index (χ1n) is 9.71. The molecule has 4 aromatic carbocycles. The van der Waals surface area contributed by atoms with Gasteiger partial charge in [0.2, 0.25) is 0 Å². The van der Waals surface area contributed by atoms with Crippen LogP contribution in [0, 0.1) is 10.7 Å². The Kier molecular flexibility index (Phi) is 6.12. The molecule has 0 amide bonds. The van der Waals surface area contributed by atoms with Crippen LogP contribution in [0.4, 0.5) is 5.69 Å². The summed E-state index contributed by atoms with van der Waals surface area (Å²) in [5, 5.41) is 16.5. The fourth-order valence-electron chi connectivity index (χ4n) is 3.63. The molecule has 0 aliphatic rings. The van der Waals surface area contributed by atoms with E-state index in [1.54, 1.807) is 0 Å². The summed E-state index contributed by atoms with van der Waals surface area (Å²) in [4.78, 5) is 13.7. The second kappa shape index (κ2) is 9.30. The quantitative estimate of drug-likeness (QED) is 0.282. The normalized spacial score (nSPS) is 12.6. The SMILES string of the molecule is N#CS[C@@H](C(=O)c1cccc2ccccc12)[C@H](Nc1ccccc1)c1ccccc1. The van der Waals surface area contributed by atoms with E-state index in [0.717, 1.165) is 33.8 Å². The first-order chi connectivity index (χ1) is 14.8. The lowest BCUT2D eigenvalue weighted by Crippen LogP contribution is -2.30. The Balaban J connectivity index is 1.79. The van der Waals surface area contributed by atoms with Crippen molar-refractivity contribution in [2.45, 2.75) is 11.3 Å². The maximum Gasteiger partial charge on any atom is 0.179 e. The first-order valence-corrected chi connectivity index (χ1v) is 10.6. The van der Waals surface area contributed by atoms with Gasteiger partial charge in [0.05, 0.1) is 6.04 Å². The minimum Gasteiger partial charge on any atom is -0.377 e. The summed E-state index contributed by atoms with van der Waals surface area (Å²) in [6.45, 7) is 0. The molecule has 0 saturated carbocycles. The minimum atomic E-state index is -0.608. The van der Waals surface area contributed by atoms with E-state index in [-0.39, 0.29) is 11.8 Å². The molecule has 0 aliphatic heterocycles. The van der Waals surface area contributed by atoms with Crippen LogP contribution in [-0.4, -0.2) is 11.0 Å². The highest BCUT2D eigenvalue weighted by molar-refractivity contribution is 8.05. The molecule has 0 aliphatic carbocycles. The van der Waals surface area contributed by atoms with Gasteiger partial charge in [-0.15, -0.1) is 0 Å². The van der Waals surface area contributed by atoms with E-state index in [1.807, 2.05) is 103 Å². The second-order valence-electron chi connectivity index (χ2n) is 6.92. The van der Waals surface area contributed by atoms with Crippen LogP contribution in [0.2, 0.25) is 0 Å². The molecular formula is C26H20N2OS. The van der Waals surface area contributed by atoms with Crippen LogP contribution in [0.25, 0.3) is 10.8 Å². The van der Waals surface area contributed by atoms with Gasteiger partial charge in [-0.1, -0.05) is 91.0 Å². The van der Waals surface area contributed by atoms with Gasteiger partial charge in [-0.3, -0.25) is 4.79 Å². The summed E-state index contributed by atoms with van der Waals surface area (Å²) in [7, 11) is 0. The number of nitriles is 1. The summed E-state index contributed by atoms with van der Waals surface area (Å²) >= 11 is 1.00. The fourth-order valence-corrected chi connectivity index (χ4v) is 4.34. The molecular weight excluding hydrogens is 388 g/mol. The highest BCUT2D eigenvalue weighted by atomic mass is 32.2. The number of benzene rings is 4. The molecule has 2 atom stereocenters. The van der Waals surface area contributed by atoms with Gasteiger partial charge in [-0.25, -0.2) is 0 Å². The minimum absolute atomic E-state index is 0.0596. The molecule has 0 spiro atoms. The zero-order chi connectivity index (χ0) is 20.8. The molecule has 4 rings (SSSR count). The van der Waals surface area contributed by atoms with Crippen molar-refractivity contribution in [2.24, 2.45) is 0 Å². The van der Waals surface area contributed by atoms with E-state index in [1.165, 1.54) is 0 Å². The summed E-state index contributed by atoms with van der Waals surface area (Å²) in [5.74, 6) is -0.0596. The van der Waals surface area contributed by atoms with Crippen molar-refractivity contribution in [1.82, 2.24) is 0 Å². The zero-order valence-corrected chi connectivity index (χ0v) is 17.0. The second-order valence-corrected chi connectivity index (χ2v) is 7.85. The third-order valence-corrected chi connectivity index (χ3v) is 5.90. The highest BCUT2D eigenvalue weighted by Crippen LogP contribution is 2.34. The lowest BCUT2D eigenvalue weighted by Gasteiger charge is -2.27. The number of nitrogens with zero attached hydrogens (tertiary/aromatic N) is 1. The lowest BCUT2D eigenvalue weighted by atomic mass is 9.94. The summed E-state index contributed by atoms with van der Waals surface area (Å²) in [6, 6.07) is 32.8. The van der Waals surface area contributed by atoms with Gasteiger partial charge in [0.15, 0.2) is 5.78 Å². The smallest absolute Gasteiger partial charge is 0.179 e. The van der Waals surface area contributed by atoms with Gasteiger partial charge in [-0.05, 0) is 40.2 Å². The Morgan fingerprint density at radius 3 is 2.17 bits per heavy atom. The number of nitrogens with one attached hydrogen (secondary N) is 1. The Morgan fingerprint density at radius 1 is 0.800 bits per heavy atom. The van der Waals surface area contributed by atoms with Crippen LogP contribution in [0.5, 0.6) is 0 Å². The Labute approximate surface area is 180 Å². The monoisotopic (exact) mass is 408 g/mol. The summed E-state index contributed by atoms with van der Waals surface area (Å²) in [5.41, 5.74) is 2.50. The molecule has 3 nitrogen and oxygen atoms in total.